The monoisotopic (exact) mass is 442 g/mol. The van der Waals surface area contributed by atoms with Gasteiger partial charge in [-0.15, -0.1) is 26.3 Å². The molecule has 0 aromatic heterocycles. The van der Waals surface area contributed by atoms with Gasteiger partial charge in [0, 0.05) is 0 Å². The van der Waals surface area contributed by atoms with Gasteiger partial charge in [0.15, 0.2) is 11.5 Å². The average Bonchev–Trinajstić information content (AvgIpc) is 2.45. The minimum absolute atomic E-state index is 0.331. The third kappa shape index (κ3) is 7.49. The molecule has 0 aliphatic rings. The van der Waals surface area contributed by atoms with Gasteiger partial charge in [0.1, 0.15) is 0 Å². The third-order valence-electron chi connectivity index (χ3n) is 2.34. The summed E-state index contributed by atoms with van der Waals surface area (Å²) in [5, 5.41) is 0. The first-order valence-electron chi connectivity index (χ1n) is 6.43. The normalized spacial score (nSPS) is 15.9. The van der Waals surface area contributed by atoms with Gasteiger partial charge < -0.3 is 9.47 Å². The molecule has 1 rings (SSSR count). The summed E-state index contributed by atoms with van der Waals surface area (Å²) < 4.78 is 162. The van der Waals surface area contributed by atoms with Crippen molar-refractivity contribution in [2.45, 2.75) is 37.7 Å². The number of halogens is 12. The van der Waals surface area contributed by atoms with Gasteiger partial charge in [-0.25, -0.2) is 18.3 Å². The van der Waals surface area contributed by atoms with E-state index in [1.54, 1.807) is 0 Å². The van der Waals surface area contributed by atoms with Crippen molar-refractivity contribution in [2.75, 3.05) is 0 Å². The first-order chi connectivity index (χ1) is 12.4. The fourth-order valence-corrected chi connectivity index (χ4v) is 1.38. The number of para-hydroxylation sites is 2. The summed E-state index contributed by atoms with van der Waals surface area (Å²) in [7, 11) is 0. The standard InChI is InChI=1S/C12H6F12O4/c13-7(27-11(19,20)21)9(15,16)25-5-3-1-2-4-6(5)26-10(17,18)8(14)28-12(22,23)24/h1-4,7-8H. The van der Waals surface area contributed by atoms with E-state index in [4.69, 9.17) is 0 Å². The zero-order valence-electron chi connectivity index (χ0n) is 12.6. The summed E-state index contributed by atoms with van der Waals surface area (Å²) >= 11 is 0. The van der Waals surface area contributed by atoms with Crippen LogP contribution in [-0.4, -0.2) is 37.7 Å². The molecule has 0 fully saturated rings. The number of rotatable bonds is 8. The van der Waals surface area contributed by atoms with E-state index in [0.717, 1.165) is 12.1 Å². The maximum absolute atomic E-state index is 13.3. The van der Waals surface area contributed by atoms with Crippen molar-refractivity contribution in [3.05, 3.63) is 24.3 Å². The Morgan fingerprint density at radius 2 is 0.857 bits per heavy atom. The lowest BCUT2D eigenvalue weighted by molar-refractivity contribution is -0.413. The fourth-order valence-electron chi connectivity index (χ4n) is 1.38. The zero-order chi connectivity index (χ0) is 22.0. The van der Waals surface area contributed by atoms with Crippen molar-refractivity contribution in [2.24, 2.45) is 0 Å². The van der Waals surface area contributed by atoms with Gasteiger partial charge in [-0.2, -0.15) is 17.6 Å². The maximum Gasteiger partial charge on any atom is 0.525 e. The molecule has 1 aromatic rings. The highest BCUT2D eigenvalue weighted by molar-refractivity contribution is 5.40. The first kappa shape index (κ1) is 23.9. The van der Waals surface area contributed by atoms with Crippen LogP contribution in [0.3, 0.4) is 0 Å². The molecule has 0 radical (unpaired) electrons. The summed E-state index contributed by atoms with van der Waals surface area (Å²) in [6, 6.07) is 2.18. The Kier molecular flexibility index (Phi) is 6.93. The van der Waals surface area contributed by atoms with Crippen molar-refractivity contribution in [1.29, 1.82) is 0 Å². The molecule has 28 heavy (non-hydrogen) atoms. The summed E-state index contributed by atoms with van der Waals surface area (Å²) in [6.45, 7) is 0. The van der Waals surface area contributed by atoms with Crippen molar-refractivity contribution in [1.82, 2.24) is 0 Å². The van der Waals surface area contributed by atoms with E-state index in [2.05, 4.69) is 18.9 Å². The van der Waals surface area contributed by atoms with E-state index >= 15 is 0 Å². The van der Waals surface area contributed by atoms with E-state index < -0.39 is 49.2 Å². The number of hydrogen-bond acceptors (Lipinski definition) is 4. The van der Waals surface area contributed by atoms with E-state index in [0.29, 0.717) is 12.1 Å². The van der Waals surface area contributed by atoms with Crippen LogP contribution >= 0.6 is 0 Å². The third-order valence-corrected chi connectivity index (χ3v) is 2.34. The van der Waals surface area contributed by atoms with Crippen LogP contribution in [0.5, 0.6) is 11.5 Å². The second-order valence-electron chi connectivity index (χ2n) is 4.53. The molecule has 162 valence electrons. The molecule has 0 heterocycles. The van der Waals surface area contributed by atoms with Gasteiger partial charge in [-0.1, -0.05) is 12.1 Å². The molecule has 0 amide bonds. The molecular weight excluding hydrogens is 436 g/mol. The van der Waals surface area contributed by atoms with Crippen LogP contribution in [0.2, 0.25) is 0 Å². The Labute approximate surface area is 146 Å². The van der Waals surface area contributed by atoms with Crippen molar-refractivity contribution in [3.8, 4) is 11.5 Å². The highest BCUT2D eigenvalue weighted by atomic mass is 19.4. The molecule has 2 atom stereocenters. The van der Waals surface area contributed by atoms with Gasteiger partial charge in [0.25, 0.3) is 0 Å². The van der Waals surface area contributed by atoms with Crippen LogP contribution in [0.15, 0.2) is 24.3 Å². The Bertz CT molecular complexity index is 589. The zero-order valence-corrected chi connectivity index (χ0v) is 12.6. The van der Waals surface area contributed by atoms with Gasteiger partial charge in [-0.05, 0) is 12.1 Å². The molecule has 1 aromatic carbocycles. The molecular formula is C12H6F12O4. The average molecular weight is 442 g/mol. The van der Waals surface area contributed by atoms with E-state index in [1.165, 1.54) is 0 Å². The lowest BCUT2D eigenvalue weighted by atomic mass is 10.3. The van der Waals surface area contributed by atoms with E-state index in [9.17, 15) is 52.7 Å². The van der Waals surface area contributed by atoms with Gasteiger partial charge in [-0.3, -0.25) is 0 Å². The molecule has 0 bridgehead atoms. The van der Waals surface area contributed by atoms with Crippen LogP contribution in [0, 0.1) is 0 Å². The van der Waals surface area contributed by atoms with Crippen molar-refractivity contribution < 1.29 is 71.6 Å². The Morgan fingerprint density at radius 1 is 0.571 bits per heavy atom. The second kappa shape index (κ2) is 8.10. The minimum Gasteiger partial charge on any atom is -0.425 e. The molecule has 16 heteroatoms. The molecule has 0 N–H and O–H groups in total. The van der Waals surface area contributed by atoms with Crippen LogP contribution in [0.25, 0.3) is 0 Å². The van der Waals surface area contributed by atoms with Crippen LogP contribution in [-0.2, 0) is 9.47 Å². The summed E-state index contributed by atoms with van der Waals surface area (Å²) in [6.07, 6.45) is -31.5. The molecule has 0 saturated heterocycles. The Balaban J connectivity index is 3.01. The van der Waals surface area contributed by atoms with Crippen molar-refractivity contribution in [3.63, 3.8) is 0 Å². The number of ether oxygens (including phenoxy) is 4. The highest BCUT2D eigenvalue weighted by Gasteiger charge is 2.53. The van der Waals surface area contributed by atoms with Gasteiger partial charge >= 0.3 is 37.7 Å². The summed E-state index contributed by atoms with van der Waals surface area (Å²) in [5.41, 5.74) is 0. The van der Waals surface area contributed by atoms with E-state index in [1.807, 2.05) is 0 Å². The van der Waals surface area contributed by atoms with Crippen molar-refractivity contribution >= 4 is 0 Å². The van der Waals surface area contributed by atoms with Gasteiger partial charge in [0.2, 0.25) is 0 Å². The predicted molar refractivity (Wildman–Crippen MR) is 61.7 cm³/mol. The topological polar surface area (TPSA) is 36.9 Å². The van der Waals surface area contributed by atoms with Crippen LogP contribution in [0.1, 0.15) is 0 Å². The van der Waals surface area contributed by atoms with Crippen LogP contribution < -0.4 is 9.47 Å². The number of alkyl halides is 12. The molecule has 0 saturated carbocycles. The first-order valence-corrected chi connectivity index (χ1v) is 6.43. The van der Waals surface area contributed by atoms with Crippen LogP contribution in [0.4, 0.5) is 52.7 Å². The minimum atomic E-state index is -5.87. The smallest absolute Gasteiger partial charge is 0.425 e. The molecule has 0 aliphatic carbocycles. The quantitative estimate of drug-likeness (QED) is 0.513. The molecule has 4 nitrogen and oxygen atoms in total. The largest absolute Gasteiger partial charge is 0.525 e. The molecule has 2 unspecified atom stereocenters. The highest BCUT2D eigenvalue weighted by Crippen LogP contribution is 2.39. The lowest BCUT2D eigenvalue weighted by Crippen LogP contribution is -2.42. The molecule has 0 spiro atoms. The predicted octanol–water partition coefficient (Wildman–Crippen LogP) is 5.29. The van der Waals surface area contributed by atoms with E-state index in [-0.39, 0.29) is 0 Å². The Morgan fingerprint density at radius 3 is 1.11 bits per heavy atom. The second-order valence-corrected chi connectivity index (χ2v) is 4.53. The fraction of sp³-hybridized carbons (Fsp3) is 0.500. The number of benzene rings is 1. The maximum atomic E-state index is 13.3. The summed E-state index contributed by atoms with van der Waals surface area (Å²) in [4.78, 5) is 0. The SMILES string of the molecule is FC(OC(F)(F)F)C(F)(F)Oc1ccccc1OC(F)(F)C(F)OC(F)(F)F. The molecule has 0 aliphatic heterocycles. The Hall–Kier alpha value is -2.10. The summed E-state index contributed by atoms with van der Waals surface area (Å²) in [5.74, 6) is -3.17. The van der Waals surface area contributed by atoms with Gasteiger partial charge in [0.05, 0.1) is 0 Å². The lowest BCUT2D eigenvalue weighted by Gasteiger charge is -2.25. The number of hydrogen-bond donors (Lipinski definition) is 0.